The summed E-state index contributed by atoms with van der Waals surface area (Å²) >= 11 is 0. The fraction of sp³-hybridized carbons (Fsp3) is 0.467. The van der Waals surface area contributed by atoms with Crippen LogP contribution in [-0.2, 0) is 6.54 Å². The summed E-state index contributed by atoms with van der Waals surface area (Å²) in [4.78, 5) is 17.5. The van der Waals surface area contributed by atoms with Crippen molar-refractivity contribution in [1.29, 1.82) is 0 Å². The van der Waals surface area contributed by atoms with Crippen molar-refractivity contribution in [3.05, 3.63) is 42.5 Å². The van der Waals surface area contributed by atoms with Crippen LogP contribution >= 0.6 is 0 Å². The van der Waals surface area contributed by atoms with Crippen molar-refractivity contribution in [2.45, 2.75) is 38.3 Å². The molecule has 1 fully saturated rings. The maximum Gasteiger partial charge on any atom is 0.270 e. The number of aromatic nitrogens is 3. The van der Waals surface area contributed by atoms with Crippen LogP contribution in [0.2, 0.25) is 0 Å². The van der Waals surface area contributed by atoms with E-state index in [-0.39, 0.29) is 5.91 Å². The van der Waals surface area contributed by atoms with Crippen molar-refractivity contribution >= 4 is 5.91 Å². The van der Waals surface area contributed by atoms with E-state index in [1.165, 1.54) is 6.42 Å². The van der Waals surface area contributed by atoms with Crippen molar-refractivity contribution in [3.8, 4) is 0 Å². The van der Waals surface area contributed by atoms with E-state index < -0.39 is 0 Å². The minimum atomic E-state index is 0.125. The van der Waals surface area contributed by atoms with Crippen LogP contribution < -0.4 is 0 Å². The number of rotatable bonds is 4. The average molecular weight is 272 g/mol. The van der Waals surface area contributed by atoms with Crippen LogP contribution in [0.15, 0.2) is 36.8 Å². The molecule has 5 nitrogen and oxygen atoms in total. The van der Waals surface area contributed by atoms with Gasteiger partial charge >= 0.3 is 0 Å². The predicted octanol–water partition coefficient (Wildman–Crippen LogP) is 2.30. The molecule has 0 aliphatic carbocycles. The number of likely N-dealkylation sites (tertiary alicyclic amines) is 1. The molecule has 1 aliphatic heterocycles. The Hall–Kier alpha value is -2.04. The monoisotopic (exact) mass is 272 g/mol. The maximum absolute atomic E-state index is 12.5. The maximum atomic E-state index is 12.5. The van der Waals surface area contributed by atoms with Gasteiger partial charge in [-0.05, 0) is 43.9 Å². The van der Waals surface area contributed by atoms with Gasteiger partial charge in [-0.1, -0.05) is 0 Å². The Balaban J connectivity index is 1.66. The largest absolute Gasteiger partial charge is 0.357 e. The summed E-state index contributed by atoms with van der Waals surface area (Å²) in [5, 5.41) is 4.23. The highest BCUT2D eigenvalue weighted by Crippen LogP contribution is 2.22. The highest BCUT2D eigenvalue weighted by molar-refractivity contribution is 5.92. The SMILES string of the molecule is O=C(c1ccc[nH]1)N1CCCC[C@@H]1CCn1cccn1. The molecule has 1 aliphatic rings. The van der Waals surface area contributed by atoms with E-state index in [4.69, 9.17) is 0 Å². The number of hydrogen-bond donors (Lipinski definition) is 1. The first-order valence-electron chi connectivity index (χ1n) is 7.26. The molecule has 0 aromatic carbocycles. The zero-order valence-electron chi connectivity index (χ0n) is 11.5. The molecular weight excluding hydrogens is 252 g/mol. The normalized spacial score (nSPS) is 19.2. The highest BCUT2D eigenvalue weighted by Gasteiger charge is 2.27. The molecule has 3 rings (SSSR count). The third-order valence-electron chi connectivity index (χ3n) is 3.97. The van der Waals surface area contributed by atoms with Gasteiger partial charge in [-0.2, -0.15) is 5.10 Å². The molecule has 1 N–H and O–H groups in total. The lowest BCUT2D eigenvalue weighted by Gasteiger charge is -2.35. The quantitative estimate of drug-likeness (QED) is 0.928. The fourth-order valence-electron chi connectivity index (χ4n) is 2.90. The zero-order valence-corrected chi connectivity index (χ0v) is 11.5. The Morgan fingerprint density at radius 1 is 1.40 bits per heavy atom. The number of aromatic amines is 1. The van der Waals surface area contributed by atoms with Crippen molar-refractivity contribution in [1.82, 2.24) is 19.7 Å². The molecule has 1 amide bonds. The van der Waals surface area contributed by atoms with E-state index in [9.17, 15) is 4.79 Å². The van der Waals surface area contributed by atoms with Crippen LogP contribution in [0.4, 0.5) is 0 Å². The molecule has 106 valence electrons. The van der Waals surface area contributed by atoms with Crippen molar-refractivity contribution in [2.24, 2.45) is 0 Å². The molecule has 3 heterocycles. The zero-order chi connectivity index (χ0) is 13.8. The second-order valence-corrected chi connectivity index (χ2v) is 5.29. The summed E-state index contributed by atoms with van der Waals surface area (Å²) in [7, 11) is 0. The third-order valence-corrected chi connectivity index (χ3v) is 3.97. The van der Waals surface area contributed by atoms with E-state index in [2.05, 4.69) is 10.1 Å². The summed E-state index contributed by atoms with van der Waals surface area (Å²) in [6.45, 7) is 1.73. The molecule has 2 aromatic heterocycles. The minimum Gasteiger partial charge on any atom is -0.357 e. The first-order valence-corrected chi connectivity index (χ1v) is 7.26. The number of nitrogens with zero attached hydrogens (tertiary/aromatic N) is 3. The number of hydrogen-bond acceptors (Lipinski definition) is 2. The smallest absolute Gasteiger partial charge is 0.270 e. The second-order valence-electron chi connectivity index (χ2n) is 5.29. The molecule has 1 atom stereocenters. The molecule has 1 saturated heterocycles. The number of carbonyl (C=O) groups is 1. The van der Waals surface area contributed by atoms with Gasteiger partial charge in [0.15, 0.2) is 0 Å². The fourth-order valence-corrected chi connectivity index (χ4v) is 2.90. The topological polar surface area (TPSA) is 53.9 Å². The number of nitrogens with one attached hydrogen (secondary N) is 1. The van der Waals surface area contributed by atoms with Crippen LogP contribution in [0.25, 0.3) is 0 Å². The van der Waals surface area contributed by atoms with Gasteiger partial charge in [-0.3, -0.25) is 9.48 Å². The number of piperidine rings is 1. The number of H-pyrrole nitrogens is 1. The van der Waals surface area contributed by atoms with Crippen molar-refractivity contribution in [2.75, 3.05) is 6.54 Å². The predicted molar refractivity (Wildman–Crippen MR) is 76.3 cm³/mol. The first-order chi connectivity index (χ1) is 9.84. The Morgan fingerprint density at radius 2 is 2.35 bits per heavy atom. The van der Waals surface area contributed by atoms with Gasteiger partial charge in [-0.15, -0.1) is 0 Å². The van der Waals surface area contributed by atoms with Gasteiger partial charge in [0.2, 0.25) is 0 Å². The van der Waals surface area contributed by atoms with E-state index >= 15 is 0 Å². The van der Waals surface area contributed by atoms with Crippen LogP contribution in [0.3, 0.4) is 0 Å². The van der Waals surface area contributed by atoms with E-state index in [1.807, 2.05) is 34.0 Å². The van der Waals surface area contributed by atoms with Crippen molar-refractivity contribution < 1.29 is 4.79 Å². The van der Waals surface area contributed by atoms with Gasteiger partial charge in [-0.25, -0.2) is 0 Å². The second kappa shape index (κ2) is 5.94. The molecule has 5 heteroatoms. The number of carbonyl (C=O) groups excluding carboxylic acids is 1. The van der Waals surface area contributed by atoms with Crippen molar-refractivity contribution in [3.63, 3.8) is 0 Å². The lowest BCUT2D eigenvalue weighted by molar-refractivity contribution is 0.0588. The number of amides is 1. The molecule has 0 radical (unpaired) electrons. The highest BCUT2D eigenvalue weighted by atomic mass is 16.2. The molecule has 0 unspecified atom stereocenters. The van der Waals surface area contributed by atoms with Gasteiger partial charge in [0.25, 0.3) is 5.91 Å². The average Bonchev–Trinajstić information content (AvgIpc) is 3.18. The Morgan fingerprint density at radius 3 is 3.10 bits per heavy atom. The standard InChI is InChI=1S/C15H20N4O/c20-15(14-6-3-8-16-14)19-11-2-1-5-13(19)7-12-18-10-4-9-17-18/h3-4,6,8-10,13,16H,1-2,5,7,11-12H2/t13-/m1/s1. The molecule has 0 bridgehead atoms. The lowest BCUT2D eigenvalue weighted by atomic mass is 9.99. The van der Waals surface area contributed by atoms with Gasteiger partial charge < -0.3 is 9.88 Å². The Bertz CT molecular complexity index is 532. The summed E-state index contributed by atoms with van der Waals surface area (Å²) < 4.78 is 1.94. The van der Waals surface area contributed by atoms with E-state index in [1.54, 1.807) is 12.4 Å². The molecule has 2 aromatic rings. The van der Waals surface area contributed by atoms with E-state index in [0.717, 1.165) is 32.4 Å². The number of aryl methyl sites for hydroxylation is 1. The van der Waals surface area contributed by atoms with Gasteiger partial charge in [0.1, 0.15) is 5.69 Å². The van der Waals surface area contributed by atoms with Crippen LogP contribution in [0, 0.1) is 0 Å². The van der Waals surface area contributed by atoms with Gasteiger partial charge in [0, 0.05) is 37.7 Å². The minimum absolute atomic E-state index is 0.125. The van der Waals surface area contributed by atoms with E-state index in [0.29, 0.717) is 11.7 Å². The van der Waals surface area contributed by atoms with Crippen LogP contribution in [0.5, 0.6) is 0 Å². The van der Waals surface area contributed by atoms with Gasteiger partial charge in [0.05, 0.1) is 0 Å². The Labute approximate surface area is 118 Å². The molecule has 0 spiro atoms. The molecular formula is C15H20N4O. The molecule has 0 saturated carbocycles. The van der Waals surface area contributed by atoms with Crippen LogP contribution in [-0.4, -0.2) is 38.2 Å². The lowest BCUT2D eigenvalue weighted by Crippen LogP contribution is -2.44. The summed E-state index contributed by atoms with van der Waals surface area (Å²) in [6, 6.07) is 5.98. The molecule has 20 heavy (non-hydrogen) atoms. The third kappa shape index (κ3) is 2.76. The Kier molecular flexibility index (Phi) is 3.85. The van der Waals surface area contributed by atoms with Crippen LogP contribution in [0.1, 0.15) is 36.2 Å². The summed E-state index contributed by atoms with van der Waals surface area (Å²) in [5.41, 5.74) is 0.691. The first kappa shape index (κ1) is 13.0. The summed E-state index contributed by atoms with van der Waals surface area (Å²) in [5.74, 6) is 0.125. The summed E-state index contributed by atoms with van der Waals surface area (Å²) in [6.07, 6.45) is 9.93.